The number of nitrogens with zero attached hydrogens (tertiary/aromatic N) is 1. The van der Waals surface area contributed by atoms with Crippen molar-refractivity contribution in [3.05, 3.63) is 17.0 Å². The summed E-state index contributed by atoms with van der Waals surface area (Å²) in [5.74, 6) is 1.43. The number of hydrogen-bond donors (Lipinski definition) is 2. The van der Waals surface area contributed by atoms with Gasteiger partial charge < -0.3 is 15.4 Å². The maximum atomic E-state index is 9.32. The third-order valence-electron chi connectivity index (χ3n) is 3.33. The van der Waals surface area contributed by atoms with Crippen molar-refractivity contribution in [1.29, 1.82) is 0 Å². The summed E-state index contributed by atoms with van der Waals surface area (Å²) in [7, 11) is 0. The third-order valence-corrected chi connectivity index (χ3v) is 3.33. The van der Waals surface area contributed by atoms with Gasteiger partial charge in [-0.15, -0.1) is 0 Å². The second kappa shape index (κ2) is 2.58. The number of aryl methyl sites for hydroxylation is 1. The van der Waals surface area contributed by atoms with Gasteiger partial charge in [-0.2, -0.15) is 0 Å². The molecule has 0 saturated heterocycles. The van der Waals surface area contributed by atoms with Crippen LogP contribution in [0.1, 0.15) is 42.2 Å². The zero-order valence-corrected chi connectivity index (χ0v) is 7.99. The normalized spacial score (nSPS) is 30.7. The molecule has 2 aliphatic rings. The van der Waals surface area contributed by atoms with Crippen molar-refractivity contribution in [3.8, 4) is 0 Å². The summed E-state index contributed by atoms with van der Waals surface area (Å²) in [6.45, 7) is -0.0130. The first-order valence-electron chi connectivity index (χ1n) is 5.13. The fraction of sp³-hybridized carbons (Fsp3) is 0.700. The zero-order valence-electron chi connectivity index (χ0n) is 7.99. The number of hydrogen-bond acceptors (Lipinski definition) is 4. The largest absolute Gasteiger partial charge is 0.394 e. The van der Waals surface area contributed by atoms with E-state index in [4.69, 9.17) is 10.3 Å². The molecule has 1 aromatic heterocycles. The monoisotopic (exact) mass is 194 g/mol. The van der Waals surface area contributed by atoms with Crippen molar-refractivity contribution < 1.29 is 9.63 Å². The van der Waals surface area contributed by atoms with Gasteiger partial charge in [-0.1, -0.05) is 5.16 Å². The highest BCUT2D eigenvalue weighted by atomic mass is 16.5. The Kier molecular flexibility index (Phi) is 1.56. The van der Waals surface area contributed by atoms with Crippen molar-refractivity contribution in [2.24, 2.45) is 5.73 Å². The number of aliphatic hydroxyl groups excluding tert-OH is 1. The van der Waals surface area contributed by atoms with E-state index in [1.54, 1.807) is 0 Å². The summed E-state index contributed by atoms with van der Waals surface area (Å²) >= 11 is 0. The van der Waals surface area contributed by atoms with Gasteiger partial charge in [0.2, 0.25) is 0 Å². The molecule has 76 valence electrons. The van der Waals surface area contributed by atoms with Gasteiger partial charge in [0.05, 0.1) is 17.8 Å². The van der Waals surface area contributed by atoms with Gasteiger partial charge in [0.1, 0.15) is 5.76 Å². The number of nitrogens with two attached hydrogens (primary N) is 1. The predicted octanol–water partition coefficient (Wildman–Crippen LogP) is 0.644. The Morgan fingerprint density at radius 2 is 2.36 bits per heavy atom. The van der Waals surface area contributed by atoms with Gasteiger partial charge >= 0.3 is 0 Å². The highest BCUT2D eigenvalue weighted by Gasteiger charge is 2.44. The lowest BCUT2D eigenvalue weighted by Crippen LogP contribution is -2.38. The van der Waals surface area contributed by atoms with Crippen molar-refractivity contribution in [2.45, 2.75) is 37.1 Å². The Hall–Kier alpha value is -0.870. The van der Waals surface area contributed by atoms with Crippen LogP contribution in [0.25, 0.3) is 0 Å². The molecule has 4 nitrogen and oxygen atoms in total. The molecule has 4 heteroatoms. The number of rotatable bonds is 2. The van der Waals surface area contributed by atoms with Crippen LogP contribution in [0.3, 0.4) is 0 Å². The lowest BCUT2D eigenvalue weighted by Gasteiger charge is -2.21. The van der Waals surface area contributed by atoms with Crippen LogP contribution in [0.2, 0.25) is 0 Å². The average Bonchev–Trinajstić information content (AvgIpc) is 2.85. The lowest BCUT2D eigenvalue weighted by molar-refractivity contribution is 0.195. The molecule has 0 aliphatic heterocycles. The standard InChI is InChI=1S/C10H14N2O2/c11-10(5-13)4-3-7-8(10)9(12-14-7)6-1-2-6/h6,13H,1-5,11H2. The number of aromatic nitrogens is 1. The van der Waals surface area contributed by atoms with Crippen molar-refractivity contribution in [2.75, 3.05) is 6.61 Å². The maximum Gasteiger partial charge on any atom is 0.142 e. The van der Waals surface area contributed by atoms with Crippen LogP contribution in [0.15, 0.2) is 4.52 Å². The molecule has 3 rings (SSSR count). The lowest BCUT2D eigenvalue weighted by atomic mass is 9.92. The van der Waals surface area contributed by atoms with Crippen molar-refractivity contribution in [1.82, 2.24) is 5.16 Å². The molecule has 0 radical (unpaired) electrons. The molecular weight excluding hydrogens is 180 g/mol. The first-order chi connectivity index (χ1) is 6.74. The molecule has 14 heavy (non-hydrogen) atoms. The molecule has 0 amide bonds. The van der Waals surface area contributed by atoms with E-state index in [-0.39, 0.29) is 6.61 Å². The molecule has 0 aromatic carbocycles. The van der Waals surface area contributed by atoms with Crippen LogP contribution in [0, 0.1) is 0 Å². The zero-order chi connectivity index (χ0) is 9.76. The van der Waals surface area contributed by atoms with E-state index in [1.165, 1.54) is 12.8 Å². The molecule has 1 heterocycles. The summed E-state index contributed by atoms with van der Waals surface area (Å²) in [5.41, 5.74) is 7.55. The summed E-state index contributed by atoms with van der Waals surface area (Å²) in [5, 5.41) is 13.4. The Balaban J connectivity index is 2.10. The Labute approximate surface area is 82.1 Å². The molecule has 1 aromatic rings. The molecule has 1 atom stereocenters. The molecule has 3 N–H and O–H groups in total. The minimum absolute atomic E-state index is 0.0130. The van der Waals surface area contributed by atoms with Crippen LogP contribution < -0.4 is 5.73 Å². The molecule has 1 fully saturated rings. The molecule has 1 saturated carbocycles. The highest BCUT2D eigenvalue weighted by Crippen LogP contribution is 2.47. The fourth-order valence-corrected chi connectivity index (χ4v) is 2.30. The third kappa shape index (κ3) is 0.980. The quantitative estimate of drug-likeness (QED) is 0.724. The second-order valence-electron chi connectivity index (χ2n) is 4.45. The van der Waals surface area contributed by atoms with E-state index in [0.717, 1.165) is 29.9 Å². The van der Waals surface area contributed by atoms with E-state index < -0.39 is 5.54 Å². The van der Waals surface area contributed by atoms with E-state index in [2.05, 4.69) is 5.16 Å². The molecule has 2 aliphatic carbocycles. The predicted molar refractivity (Wildman–Crippen MR) is 49.8 cm³/mol. The van der Waals surface area contributed by atoms with Crippen LogP contribution in [-0.4, -0.2) is 16.9 Å². The van der Waals surface area contributed by atoms with Crippen LogP contribution >= 0.6 is 0 Å². The number of fused-ring (bicyclic) bond motifs is 1. The Bertz CT molecular complexity index is 370. The topological polar surface area (TPSA) is 72.3 Å². The summed E-state index contributed by atoms with van der Waals surface area (Å²) in [4.78, 5) is 0. The van der Waals surface area contributed by atoms with Crippen molar-refractivity contribution >= 4 is 0 Å². The smallest absolute Gasteiger partial charge is 0.142 e. The van der Waals surface area contributed by atoms with E-state index >= 15 is 0 Å². The maximum absolute atomic E-state index is 9.32. The van der Waals surface area contributed by atoms with Gasteiger partial charge in [-0.25, -0.2) is 0 Å². The van der Waals surface area contributed by atoms with E-state index in [0.29, 0.717) is 5.92 Å². The molecule has 0 bridgehead atoms. The van der Waals surface area contributed by atoms with E-state index in [9.17, 15) is 5.11 Å². The summed E-state index contributed by atoms with van der Waals surface area (Å²) in [6, 6.07) is 0. The van der Waals surface area contributed by atoms with Gasteiger partial charge in [-0.05, 0) is 19.3 Å². The summed E-state index contributed by atoms with van der Waals surface area (Å²) in [6.07, 6.45) is 3.95. The van der Waals surface area contributed by atoms with Gasteiger partial charge in [0, 0.05) is 17.9 Å². The first kappa shape index (κ1) is 8.44. The molecule has 0 spiro atoms. The fourth-order valence-electron chi connectivity index (χ4n) is 2.30. The molecule has 1 unspecified atom stereocenters. The second-order valence-corrected chi connectivity index (χ2v) is 4.45. The van der Waals surface area contributed by atoms with Crippen LogP contribution in [0.4, 0.5) is 0 Å². The first-order valence-corrected chi connectivity index (χ1v) is 5.13. The van der Waals surface area contributed by atoms with Gasteiger partial charge in [-0.3, -0.25) is 0 Å². The summed E-state index contributed by atoms with van der Waals surface area (Å²) < 4.78 is 5.26. The number of aliphatic hydroxyl groups is 1. The SMILES string of the molecule is NC1(CO)CCc2onc(C3CC3)c21. The van der Waals surface area contributed by atoms with Crippen molar-refractivity contribution in [3.63, 3.8) is 0 Å². The minimum Gasteiger partial charge on any atom is -0.394 e. The van der Waals surface area contributed by atoms with Crippen LogP contribution in [-0.2, 0) is 12.0 Å². The minimum atomic E-state index is -0.590. The Morgan fingerprint density at radius 1 is 1.57 bits per heavy atom. The van der Waals surface area contributed by atoms with Crippen LogP contribution in [0.5, 0.6) is 0 Å². The van der Waals surface area contributed by atoms with Gasteiger partial charge in [0.25, 0.3) is 0 Å². The average molecular weight is 194 g/mol. The molecular formula is C10H14N2O2. The van der Waals surface area contributed by atoms with E-state index in [1.807, 2.05) is 0 Å². The highest BCUT2D eigenvalue weighted by molar-refractivity contribution is 5.39. The Morgan fingerprint density at radius 3 is 3.00 bits per heavy atom. The van der Waals surface area contributed by atoms with Gasteiger partial charge in [0.15, 0.2) is 0 Å².